The molecule has 0 unspecified atom stereocenters. The summed E-state index contributed by atoms with van der Waals surface area (Å²) in [7, 11) is 0. The van der Waals surface area contributed by atoms with Gasteiger partial charge in [-0.15, -0.1) is 0 Å². The Morgan fingerprint density at radius 3 is 2.85 bits per heavy atom. The number of hydrogen-bond acceptors (Lipinski definition) is 4. The van der Waals surface area contributed by atoms with E-state index in [1.54, 1.807) is 16.8 Å². The Morgan fingerprint density at radius 2 is 2.20 bits per heavy atom. The minimum absolute atomic E-state index is 0.0208. The first-order valence-corrected chi connectivity index (χ1v) is 6.49. The number of rotatable bonds is 5. The number of nitrogens with zero attached hydrogens (tertiary/aromatic N) is 3. The van der Waals surface area contributed by atoms with Gasteiger partial charge in [-0.05, 0) is 22.0 Å². The van der Waals surface area contributed by atoms with E-state index in [4.69, 9.17) is 5.11 Å². The maximum atomic E-state index is 11.8. The molecule has 2 heterocycles. The molecule has 2 rings (SSSR count). The lowest BCUT2D eigenvalue weighted by Crippen LogP contribution is -2.27. The van der Waals surface area contributed by atoms with Crippen LogP contribution >= 0.6 is 15.9 Å². The number of carbonyl (C=O) groups is 2. The minimum atomic E-state index is -1.08. The van der Waals surface area contributed by atoms with Crippen molar-refractivity contribution in [3.05, 3.63) is 46.7 Å². The molecule has 0 fully saturated rings. The molecule has 104 valence electrons. The van der Waals surface area contributed by atoms with Crippen molar-refractivity contribution in [3.63, 3.8) is 0 Å². The highest BCUT2D eigenvalue weighted by Gasteiger charge is 2.08. The van der Waals surface area contributed by atoms with E-state index >= 15 is 0 Å². The van der Waals surface area contributed by atoms with Gasteiger partial charge in [-0.3, -0.25) is 9.78 Å². The fourth-order valence-corrected chi connectivity index (χ4v) is 1.89. The lowest BCUT2D eigenvalue weighted by molar-refractivity contribution is 0.0690. The second-order valence-corrected chi connectivity index (χ2v) is 4.87. The van der Waals surface area contributed by atoms with E-state index in [1.165, 1.54) is 18.7 Å². The first kappa shape index (κ1) is 14.2. The van der Waals surface area contributed by atoms with Crippen molar-refractivity contribution in [2.75, 3.05) is 6.54 Å². The van der Waals surface area contributed by atoms with Crippen LogP contribution in [0.1, 0.15) is 20.8 Å². The summed E-state index contributed by atoms with van der Waals surface area (Å²) in [5.74, 6) is -1.31. The number of amides is 1. The summed E-state index contributed by atoms with van der Waals surface area (Å²) in [5, 5.41) is 11.4. The van der Waals surface area contributed by atoms with Gasteiger partial charge < -0.3 is 15.0 Å². The Labute approximate surface area is 122 Å². The van der Waals surface area contributed by atoms with E-state index in [0.29, 0.717) is 18.7 Å². The number of halogens is 1. The fraction of sp³-hybridized carbons (Fsp3) is 0.167. The zero-order chi connectivity index (χ0) is 14.5. The van der Waals surface area contributed by atoms with Crippen LogP contribution in [-0.4, -0.2) is 38.1 Å². The number of pyridine rings is 1. The number of carbonyl (C=O) groups excluding carboxylic acids is 1. The number of hydrogen-bond donors (Lipinski definition) is 2. The van der Waals surface area contributed by atoms with Gasteiger partial charge in [0.25, 0.3) is 5.91 Å². The molecular formula is C12H11BrN4O3. The molecule has 1 amide bonds. The van der Waals surface area contributed by atoms with Gasteiger partial charge in [-0.1, -0.05) is 0 Å². The molecule has 0 aliphatic heterocycles. The van der Waals surface area contributed by atoms with Gasteiger partial charge in [0, 0.05) is 36.2 Å². The Morgan fingerprint density at radius 1 is 1.40 bits per heavy atom. The Hall–Kier alpha value is -2.22. The van der Waals surface area contributed by atoms with E-state index in [9.17, 15) is 9.59 Å². The van der Waals surface area contributed by atoms with E-state index in [-0.39, 0.29) is 11.6 Å². The maximum absolute atomic E-state index is 11.8. The molecule has 20 heavy (non-hydrogen) atoms. The molecule has 7 nitrogen and oxygen atoms in total. The SMILES string of the molecule is O=C(NCCn1cnc(C(=O)O)c1)c1cncc(Br)c1. The van der Waals surface area contributed by atoms with Gasteiger partial charge in [0.2, 0.25) is 0 Å². The molecule has 0 aliphatic carbocycles. The number of aromatic carboxylic acids is 1. The van der Waals surface area contributed by atoms with Crippen molar-refractivity contribution in [1.29, 1.82) is 0 Å². The predicted octanol–water partition coefficient (Wildman–Crippen LogP) is 1.17. The van der Waals surface area contributed by atoms with Crippen LogP contribution in [0.3, 0.4) is 0 Å². The van der Waals surface area contributed by atoms with Crippen molar-refractivity contribution < 1.29 is 14.7 Å². The lowest BCUT2D eigenvalue weighted by Gasteiger charge is -2.05. The van der Waals surface area contributed by atoms with Crippen molar-refractivity contribution in [1.82, 2.24) is 19.9 Å². The number of carboxylic acid groups (broad SMARTS) is 1. The predicted molar refractivity (Wildman–Crippen MR) is 73.5 cm³/mol. The highest BCUT2D eigenvalue weighted by molar-refractivity contribution is 9.10. The van der Waals surface area contributed by atoms with Gasteiger partial charge in [0.15, 0.2) is 5.69 Å². The highest BCUT2D eigenvalue weighted by Crippen LogP contribution is 2.09. The van der Waals surface area contributed by atoms with E-state index in [0.717, 1.165) is 4.47 Å². The first-order valence-electron chi connectivity index (χ1n) is 5.70. The second-order valence-electron chi connectivity index (χ2n) is 3.95. The third-order valence-corrected chi connectivity index (χ3v) is 2.91. The first-order chi connectivity index (χ1) is 9.56. The quantitative estimate of drug-likeness (QED) is 0.852. The molecule has 2 aromatic heterocycles. The molecule has 0 spiro atoms. The van der Waals surface area contributed by atoms with E-state index in [2.05, 4.69) is 31.2 Å². The smallest absolute Gasteiger partial charge is 0.356 e. The minimum Gasteiger partial charge on any atom is -0.476 e. The van der Waals surface area contributed by atoms with Crippen LogP contribution < -0.4 is 5.32 Å². The van der Waals surface area contributed by atoms with Crippen molar-refractivity contribution in [3.8, 4) is 0 Å². The zero-order valence-electron chi connectivity index (χ0n) is 10.3. The fourth-order valence-electron chi connectivity index (χ4n) is 1.53. The monoisotopic (exact) mass is 338 g/mol. The molecule has 0 bridgehead atoms. The van der Waals surface area contributed by atoms with E-state index < -0.39 is 5.97 Å². The van der Waals surface area contributed by atoms with Gasteiger partial charge in [0.1, 0.15) is 0 Å². The standard InChI is InChI=1S/C12H11BrN4O3/c13-9-3-8(4-14-5-9)11(18)15-1-2-17-6-10(12(19)20)16-7-17/h3-7H,1-2H2,(H,15,18)(H,19,20). The lowest BCUT2D eigenvalue weighted by atomic mass is 10.3. The van der Waals surface area contributed by atoms with Gasteiger partial charge in [0.05, 0.1) is 11.9 Å². The summed E-state index contributed by atoms with van der Waals surface area (Å²) < 4.78 is 2.33. The van der Waals surface area contributed by atoms with Crippen molar-refractivity contribution >= 4 is 27.8 Å². The Balaban J connectivity index is 1.86. The zero-order valence-corrected chi connectivity index (χ0v) is 11.9. The van der Waals surface area contributed by atoms with Gasteiger partial charge >= 0.3 is 5.97 Å². The topological polar surface area (TPSA) is 97.1 Å². The maximum Gasteiger partial charge on any atom is 0.356 e. The van der Waals surface area contributed by atoms with Crippen LogP contribution in [0, 0.1) is 0 Å². The molecular weight excluding hydrogens is 328 g/mol. The average molecular weight is 339 g/mol. The van der Waals surface area contributed by atoms with Crippen LogP contribution in [0.5, 0.6) is 0 Å². The van der Waals surface area contributed by atoms with Crippen LogP contribution in [0.15, 0.2) is 35.5 Å². The molecule has 0 saturated heterocycles. The van der Waals surface area contributed by atoms with Crippen LogP contribution in [0.25, 0.3) is 0 Å². The summed E-state index contributed by atoms with van der Waals surface area (Å²) in [6, 6.07) is 1.67. The van der Waals surface area contributed by atoms with E-state index in [1.807, 2.05) is 0 Å². The second kappa shape index (κ2) is 6.29. The third kappa shape index (κ3) is 3.64. The molecule has 0 aromatic carbocycles. The van der Waals surface area contributed by atoms with Gasteiger partial charge in [-0.2, -0.15) is 0 Å². The molecule has 0 aliphatic rings. The number of carboxylic acids is 1. The Bertz CT molecular complexity index is 641. The summed E-state index contributed by atoms with van der Waals surface area (Å²) in [6.07, 6.45) is 5.89. The van der Waals surface area contributed by atoms with Gasteiger partial charge in [-0.25, -0.2) is 9.78 Å². The molecule has 0 saturated carbocycles. The molecule has 0 radical (unpaired) electrons. The molecule has 8 heteroatoms. The summed E-state index contributed by atoms with van der Waals surface area (Å²) in [4.78, 5) is 30.1. The van der Waals surface area contributed by atoms with Crippen LogP contribution in [0.2, 0.25) is 0 Å². The largest absolute Gasteiger partial charge is 0.476 e. The number of aromatic nitrogens is 3. The molecule has 2 N–H and O–H groups in total. The normalized spacial score (nSPS) is 10.2. The average Bonchev–Trinajstić information content (AvgIpc) is 2.87. The molecule has 2 aromatic rings. The summed E-state index contributed by atoms with van der Waals surface area (Å²) >= 11 is 3.24. The number of imidazole rings is 1. The number of nitrogens with one attached hydrogen (secondary N) is 1. The van der Waals surface area contributed by atoms with Crippen molar-refractivity contribution in [2.45, 2.75) is 6.54 Å². The van der Waals surface area contributed by atoms with Crippen LogP contribution in [0.4, 0.5) is 0 Å². The summed E-state index contributed by atoms with van der Waals surface area (Å²) in [6.45, 7) is 0.800. The Kier molecular flexibility index (Phi) is 4.46. The third-order valence-electron chi connectivity index (χ3n) is 2.47. The van der Waals surface area contributed by atoms with Crippen LogP contribution in [-0.2, 0) is 6.54 Å². The molecule has 0 atom stereocenters. The van der Waals surface area contributed by atoms with Crippen molar-refractivity contribution in [2.24, 2.45) is 0 Å². The highest BCUT2D eigenvalue weighted by atomic mass is 79.9. The summed E-state index contributed by atoms with van der Waals surface area (Å²) in [5.41, 5.74) is 0.434.